The minimum Gasteiger partial charge on any atom is -0.338 e. The van der Waals surface area contributed by atoms with Crippen molar-refractivity contribution in [3.8, 4) is 11.4 Å². The maximum Gasteiger partial charge on any atom is 0.240 e. The summed E-state index contributed by atoms with van der Waals surface area (Å²) in [4.78, 5) is 3.68. The Balaban J connectivity index is 2.59. The van der Waals surface area contributed by atoms with Crippen molar-refractivity contribution in [1.29, 1.82) is 0 Å². The first kappa shape index (κ1) is 12.1. The summed E-state index contributed by atoms with van der Waals surface area (Å²) in [6.45, 7) is -0.0455. The molecule has 0 aliphatic rings. The second-order valence-corrected chi connectivity index (χ2v) is 3.86. The second kappa shape index (κ2) is 4.46. The van der Waals surface area contributed by atoms with Crippen LogP contribution in [0.15, 0.2) is 15.1 Å². The van der Waals surface area contributed by atoms with Crippen molar-refractivity contribution in [2.24, 2.45) is 5.73 Å². The SMILES string of the molecule is NCc1nc(-c2cc(F)c(Br)c(F)c2F)no1. The van der Waals surface area contributed by atoms with E-state index in [1.165, 1.54) is 0 Å². The predicted octanol–water partition coefficient (Wildman–Crippen LogP) is 2.38. The molecule has 90 valence electrons. The zero-order valence-corrected chi connectivity index (χ0v) is 9.76. The van der Waals surface area contributed by atoms with Gasteiger partial charge in [0.1, 0.15) is 5.82 Å². The van der Waals surface area contributed by atoms with Crippen LogP contribution in [-0.2, 0) is 6.54 Å². The number of halogens is 4. The highest BCUT2D eigenvalue weighted by Crippen LogP contribution is 2.29. The smallest absolute Gasteiger partial charge is 0.240 e. The van der Waals surface area contributed by atoms with Crippen LogP contribution in [0.3, 0.4) is 0 Å². The van der Waals surface area contributed by atoms with Crippen LogP contribution in [0.2, 0.25) is 0 Å². The van der Waals surface area contributed by atoms with E-state index in [-0.39, 0.29) is 18.3 Å². The number of rotatable bonds is 2. The summed E-state index contributed by atoms with van der Waals surface area (Å²) in [5, 5.41) is 3.38. The van der Waals surface area contributed by atoms with E-state index < -0.39 is 27.5 Å². The van der Waals surface area contributed by atoms with Gasteiger partial charge in [-0.25, -0.2) is 13.2 Å². The van der Waals surface area contributed by atoms with Crippen LogP contribution in [0.5, 0.6) is 0 Å². The monoisotopic (exact) mass is 307 g/mol. The maximum absolute atomic E-state index is 13.5. The third-order valence-electron chi connectivity index (χ3n) is 1.99. The Morgan fingerprint density at radius 2 is 2.00 bits per heavy atom. The van der Waals surface area contributed by atoms with Crippen LogP contribution in [0.4, 0.5) is 13.2 Å². The van der Waals surface area contributed by atoms with Crippen molar-refractivity contribution in [2.75, 3.05) is 0 Å². The molecule has 2 N–H and O–H groups in total. The largest absolute Gasteiger partial charge is 0.338 e. The van der Waals surface area contributed by atoms with Gasteiger partial charge in [-0.15, -0.1) is 0 Å². The summed E-state index contributed by atoms with van der Waals surface area (Å²) < 4.78 is 44.0. The van der Waals surface area contributed by atoms with Gasteiger partial charge in [-0.05, 0) is 22.0 Å². The normalized spacial score (nSPS) is 10.9. The zero-order valence-electron chi connectivity index (χ0n) is 8.18. The highest BCUT2D eigenvalue weighted by molar-refractivity contribution is 9.10. The fourth-order valence-corrected chi connectivity index (χ4v) is 1.47. The van der Waals surface area contributed by atoms with Gasteiger partial charge in [-0.1, -0.05) is 5.16 Å². The lowest BCUT2D eigenvalue weighted by Gasteiger charge is -2.02. The van der Waals surface area contributed by atoms with Gasteiger partial charge in [-0.3, -0.25) is 0 Å². The lowest BCUT2D eigenvalue weighted by molar-refractivity contribution is 0.380. The van der Waals surface area contributed by atoms with Crippen LogP contribution in [0, 0.1) is 17.5 Å². The van der Waals surface area contributed by atoms with Crippen molar-refractivity contribution < 1.29 is 17.7 Å². The average Bonchev–Trinajstić information content (AvgIpc) is 2.79. The molecule has 1 aromatic heterocycles. The molecule has 0 amide bonds. The first-order valence-corrected chi connectivity index (χ1v) is 5.20. The summed E-state index contributed by atoms with van der Waals surface area (Å²) in [5.41, 5.74) is 4.79. The lowest BCUT2D eigenvalue weighted by Crippen LogP contribution is -1.98. The molecule has 0 fully saturated rings. The van der Waals surface area contributed by atoms with Gasteiger partial charge >= 0.3 is 0 Å². The van der Waals surface area contributed by atoms with Crippen LogP contribution >= 0.6 is 15.9 Å². The van der Waals surface area contributed by atoms with E-state index in [1.807, 2.05) is 0 Å². The molecule has 0 aliphatic heterocycles. The van der Waals surface area contributed by atoms with Gasteiger partial charge in [-0.2, -0.15) is 4.98 Å². The van der Waals surface area contributed by atoms with Crippen molar-refractivity contribution >= 4 is 15.9 Å². The van der Waals surface area contributed by atoms with E-state index in [4.69, 9.17) is 5.73 Å². The van der Waals surface area contributed by atoms with E-state index in [1.54, 1.807) is 0 Å². The number of aromatic nitrogens is 2. The Morgan fingerprint density at radius 1 is 1.29 bits per heavy atom. The van der Waals surface area contributed by atoms with Crippen LogP contribution < -0.4 is 5.73 Å². The summed E-state index contributed by atoms with van der Waals surface area (Å²) in [7, 11) is 0. The molecule has 0 saturated heterocycles. The first-order chi connectivity index (χ1) is 8.04. The van der Waals surface area contributed by atoms with Crippen molar-refractivity contribution in [1.82, 2.24) is 10.1 Å². The molecule has 1 aromatic carbocycles. The van der Waals surface area contributed by atoms with Gasteiger partial charge < -0.3 is 10.3 Å². The Bertz CT molecular complexity index is 573. The molecule has 2 aromatic rings. The van der Waals surface area contributed by atoms with E-state index in [0.717, 1.165) is 6.07 Å². The quantitative estimate of drug-likeness (QED) is 0.683. The Morgan fingerprint density at radius 3 is 2.59 bits per heavy atom. The Kier molecular flexibility index (Phi) is 3.16. The number of nitrogens with zero attached hydrogens (tertiary/aromatic N) is 2. The number of benzene rings is 1. The van der Waals surface area contributed by atoms with Crippen LogP contribution in [0.25, 0.3) is 11.4 Å². The summed E-state index contributed by atoms with van der Waals surface area (Å²) in [5.74, 6) is -3.78. The number of hydrogen-bond acceptors (Lipinski definition) is 4. The van der Waals surface area contributed by atoms with Gasteiger partial charge in [0.05, 0.1) is 16.6 Å². The molecule has 4 nitrogen and oxygen atoms in total. The predicted molar refractivity (Wildman–Crippen MR) is 55.2 cm³/mol. The van der Waals surface area contributed by atoms with Crippen LogP contribution in [0.1, 0.15) is 5.89 Å². The molecule has 0 unspecified atom stereocenters. The van der Waals surface area contributed by atoms with Crippen LogP contribution in [-0.4, -0.2) is 10.1 Å². The van der Waals surface area contributed by atoms with Gasteiger partial charge in [0, 0.05) is 0 Å². The zero-order chi connectivity index (χ0) is 12.6. The molecular formula is C9H5BrF3N3O. The van der Waals surface area contributed by atoms with E-state index in [2.05, 4.69) is 30.6 Å². The maximum atomic E-state index is 13.5. The number of hydrogen-bond donors (Lipinski definition) is 1. The fraction of sp³-hybridized carbons (Fsp3) is 0.111. The molecule has 0 aliphatic carbocycles. The van der Waals surface area contributed by atoms with Crippen molar-refractivity contribution in [2.45, 2.75) is 6.54 Å². The third-order valence-corrected chi connectivity index (χ3v) is 2.71. The summed E-state index contributed by atoms with van der Waals surface area (Å²) >= 11 is 2.58. The van der Waals surface area contributed by atoms with E-state index >= 15 is 0 Å². The van der Waals surface area contributed by atoms with Gasteiger partial charge in [0.2, 0.25) is 11.7 Å². The molecule has 0 spiro atoms. The molecule has 0 atom stereocenters. The standard InChI is InChI=1S/C9H5BrF3N3O/c10-6-4(11)1-3(7(12)8(6)13)9-15-5(2-14)17-16-9/h1H,2,14H2. The minimum atomic E-state index is -1.35. The van der Waals surface area contributed by atoms with Gasteiger partial charge in [0.15, 0.2) is 11.6 Å². The van der Waals surface area contributed by atoms with E-state index in [9.17, 15) is 13.2 Å². The fourth-order valence-electron chi connectivity index (χ4n) is 1.18. The number of nitrogens with two attached hydrogens (primary N) is 1. The molecule has 2 rings (SSSR count). The van der Waals surface area contributed by atoms with Gasteiger partial charge in [0.25, 0.3) is 0 Å². The topological polar surface area (TPSA) is 64.9 Å². The summed E-state index contributed by atoms with van der Waals surface area (Å²) in [6.07, 6.45) is 0. The van der Waals surface area contributed by atoms with Crippen molar-refractivity contribution in [3.05, 3.63) is 33.9 Å². The Labute approximate surface area is 102 Å². The van der Waals surface area contributed by atoms with E-state index in [0.29, 0.717) is 0 Å². The molecule has 0 bridgehead atoms. The first-order valence-electron chi connectivity index (χ1n) is 4.40. The molecule has 0 saturated carbocycles. The Hall–Kier alpha value is -1.41. The third kappa shape index (κ3) is 2.05. The average molecular weight is 308 g/mol. The highest BCUT2D eigenvalue weighted by Gasteiger charge is 2.21. The second-order valence-electron chi connectivity index (χ2n) is 3.06. The summed E-state index contributed by atoms with van der Waals surface area (Å²) in [6, 6.07) is 0.771. The lowest BCUT2D eigenvalue weighted by atomic mass is 10.2. The highest BCUT2D eigenvalue weighted by atomic mass is 79.9. The minimum absolute atomic E-state index is 0.0446. The van der Waals surface area contributed by atoms with Crippen molar-refractivity contribution in [3.63, 3.8) is 0 Å². The molecule has 17 heavy (non-hydrogen) atoms. The molecular weight excluding hydrogens is 303 g/mol. The molecule has 1 heterocycles. The molecule has 8 heteroatoms. The molecule has 0 radical (unpaired) electrons.